The first kappa shape index (κ1) is 13.7. The quantitative estimate of drug-likeness (QED) is 0.728. The third-order valence-corrected chi connectivity index (χ3v) is 3.83. The second kappa shape index (κ2) is 4.90. The third-order valence-electron chi connectivity index (χ3n) is 3.16. The lowest BCUT2D eigenvalue weighted by Gasteiger charge is -2.28. The van der Waals surface area contributed by atoms with Gasteiger partial charge in [0.15, 0.2) is 0 Å². The number of hydrogen-bond acceptors (Lipinski definition) is 3. The van der Waals surface area contributed by atoms with Gasteiger partial charge in [-0.1, -0.05) is 0 Å². The molecular weight excluding hydrogens is 230 g/mol. The van der Waals surface area contributed by atoms with Gasteiger partial charge in [-0.05, 0) is 20.8 Å². The average Bonchev–Trinajstić information content (AvgIpc) is 2.56. The standard InChI is InChI=1S/C11H20ClNO3/c1-8-11(15,4-5-16-8)7-13-9(14)10(2,3)6-12/h8,15H,4-7H2,1-3H3,(H,13,14). The molecule has 0 spiro atoms. The Morgan fingerprint density at radius 2 is 2.31 bits per heavy atom. The van der Waals surface area contributed by atoms with Gasteiger partial charge in [-0.3, -0.25) is 4.79 Å². The Labute approximate surface area is 101 Å². The average molecular weight is 250 g/mol. The lowest BCUT2D eigenvalue weighted by Crippen LogP contribution is -2.50. The highest BCUT2D eigenvalue weighted by Gasteiger charge is 2.40. The number of carbonyl (C=O) groups excluding carboxylic acids is 1. The number of rotatable bonds is 4. The highest BCUT2D eigenvalue weighted by molar-refractivity contribution is 6.19. The molecule has 1 aliphatic heterocycles. The number of alkyl halides is 1. The molecule has 0 aromatic rings. The van der Waals surface area contributed by atoms with Gasteiger partial charge in [-0.2, -0.15) is 0 Å². The summed E-state index contributed by atoms with van der Waals surface area (Å²) in [6.45, 7) is 6.10. The number of amides is 1. The Kier molecular flexibility index (Phi) is 4.21. The Balaban J connectivity index is 2.49. The molecule has 5 heteroatoms. The topological polar surface area (TPSA) is 58.6 Å². The maximum Gasteiger partial charge on any atom is 0.226 e. The van der Waals surface area contributed by atoms with Crippen LogP contribution in [0.5, 0.6) is 0 Å². The van der Waals surface area contributed by atoms with Crippen molar-refractivity contribution in [3.05, 3.63) is 0 Å². The van der Waals surface area contributed by atoms with Crippen LogP contribution >= 0.6 is 11.6 Å². The van der Waals surface area contributed by atoms with E-state index in [-0.39, 0.29) is 24.4 Å². The molecule has 0 radical (unpaired) electrons. The molecular formula is C11H20ClNO3. The second-order valence-corrected chi connectivity index (χ2v) is 5.33. The molecule has 1 saturated heterocycles. The smallest absolute Gasteiger partial charge is 0.226 e. The summed E-state index contributed by atoms with van der Waals surface area (Å²) < 4.78 is 5.29. The Morgan fingerprint density at radius 3 is 2.75 bits per heavy atom. The van der Waals surface area contributed by atoms with Gasteiger partial charge in [0, 0.05) is 25.5 Å². The largest absolute Gasteiger partial charge is 0.385 e. The second-order valence-electron chi connectivity index (χ2n) is 5.07. The van der Waals surface area contributed by atoms with E-state index < -0.39 is 11.0 Å². The first-order valence-electron chi connectivity index (χ1n) is 5.50. The van der Waals surface area contributed by atoms with Gasteiger partial charge in [0.25, 0.3) is 0 Å². The van der Waals surface area contributed by atoms with E-state index in [1.54, 1.807) is 13.8 Å². The van der Waals surface area contributed by atoms with Gasteiger partial charge in [-0.25, -0.2) is 0 Å². The molecule has 16 heavy (non-hydrogen) atoms. The molecule has 4 nitrogen and oxygen atoms in total. The molecule has 2 atom stereocenters. The van der Waals surface area contributed by atoms with E-state index in [2.05, 4.69) is 5.32 Å². The summed E-state index contributed by atoms with van der Waals surface area (Å²) in [5.41, 5.74) is -1.56. The van der Waals surface area contributed by atoms with E-state index in [0.717, 1.165) is 0 Å². The van der Waals surface area contributed by atoms with E-state index >= 15 is 0 Å². The molecule has 0 aromatic heterocycles. The minimum Gasteiger partial charge on any atom is -0.385 e. The predicted octanol–water partition coefficient (Wildman–Crippen LogP) is 0.907. The van der Waals surface area contributed by atoms with Gasteiger partial charge in [0.1, 0.15) is 5.60 Å². The molecule has 0 saturated carbocycles. The molecule has 1 aliphatic rings. The van der Waals surface area contributed by atoms with Crippen molar-refractivity contribution in [3.8, 4) is 0 Å². The molecule has 1 fully saturated rings. The van der Waals surface area contributed by atoms with Crippen molar-refractivity contribution in [1.29, 1.82) is 0 Å². The zero-order valence-electron chi connectivity index (χ0n) is 10.0. The van der Waals surface area contributed by atoms with Crippen LogP contribution in [0.15, 0.2) is 0 Å². The normalized spacial score (nSPS) is 30.4. The van der Waals surface area contributed by atoms with Crippen molar-refractivity contribution in [2.24, 2.45) is 5.41 Å². The van der Waals surface area contributed by atoms with Gasteiger partial charge < -0.3 is 15.2 Å². The zero-order valence-corrected chi connectivity index (χ0v) is 10.8. The van der Waals surface area contributed by atoms with Crippen molar-refractivity contribution in [3.63, 3.8) is 0 Å². The molecule has 1 rings (SSSR count). The fourth-order valence-electron chi connectivity index (χ4n) is 1.54. The molecule has 0 bridgehead atoms. The summed E-state index contributed by atoms with van der Waals surface area (Å²) in [6, 6.07) is 0. The summed E-state index contributed by atoms with van der Waals surface area (Å²) in [6.07, 6.45) is 0.308. The number of ether oxygens (including phenoxy) is 1. The minimum atomic E-state index is -0.946. The van der Waals surface area contributed by atoms with Crippen molar-refractivity contribution in [1.82, 2.24) is 5.32 Å². The maximum absolute atomic E-state index is 11.8. The summed E-state index contributed by atoms with van der Waals surface area (Å²) in [7, 11) is 0. The van der Waals surface area contributed by atoms with Gasteiger partial charge in [0.05, 0.1) is 11.5 Å². The summed E-state index contributed by atoms with van der Waals surface area (Å²) >= 11 is 5.70. The third kappa shape index (κ3) is 2.87. The Morgan fingerprint density at radius 1 is 1.69 bits per heavy atom. The number of hydrogen-bond donors (Lipinski definition) is 2. The fraction of sp³-hybridized carbons (Fsp3) is 0.909. The van der Waals surface area contributed by atoms with Crippen LogP contribution in [0.2, 0.25) is 0 Å². The summed E-state index contributed by atoms with van der Waals surface area (Å²) in [5.74, 6) is 0.110. The van der Waals surface area contributed by atoms with E-state index in [1.165, 1.54) is 0 Å². The number of aliphatic hydroxyl groups is 1. The van der Waals surface area contributed by atoms with Gasteiger partial charge in [-0.15, -0.1) is 11.6 Å². The van der Waals surface area contributed by atoms with Crippen LogP contribution < -0.4 is 5.32 Å². The molecule has 1 amide bonds. The predicted molar refractivity (Wildman–Crippen MR) is 62.5 cm³/mol. The Hall–Kier alpha value is -0.320. The first-order valence-corrected chi connectivity index (χ1v) is 6.03. The zero-order chi connectivity index (χ0) is 12.4. The monoisotopic (exact) mass is 249 g/mol. The van der Waals surface area contributed by atoms with Gasteiger partial charge >= 0.3 is 0 Å². The van der Waals surface area contributed by atoms with Crippen LogP contribution in [0.3, 0.4) is 0 Å². The number of halogens is 1. The molecule has 0 aliphatic carbocycles. The SMILES string of the molecule is CC1OCCC1(O)CNC(=O)C(C)(C)CCl. The van der Waals surface area contributed by atoms with Crippen molar-refractivity contribution in [2.45, 2.75) is 38.9 Å². The lowest BCUT2D eigenvalue weighted by atomic mass is 9.93. The van der Waals surface area contributed by atoms with E-state index in [9.17, 15) is 9.90 Å². The van der Waals surface area contributed by atoms with Crippen molar-refractivity contribution in [2.75, 3.05) is 19.0 Å². The molecule has 0 aromatic carbocycles. The van der Waals surface area contributed by atoms with Crippen LogP contribution in [-0.4, -0.2) is 41.8 Å². The van der Waals surface area contributed by atoms with Crippen LogP contribution in [0.25, 0.3) is 0 Å². The molecule has 94 valence electrons. The van der Waals surface area contributed by atoms with Gasteiger partial charge in [0.2, 0.25) is 5.91 Å². The summed E-state index contributed by atoms with van der Waals surface area (Å²) in [4.78, 5) is 11.8. The summed E-state index contributed by atoms with van der Waals surface area (Å²) in [5, 5.41) is 12.9. The molecule has 2 unspecified atom stereocenters. The maximum atomic E-state index is 11.8. The fourth-order valence-corrected chi connectivity index (χ4v) is 1.66. The van der Waals surface area contributed by atoms with E-state index in [4.69, 9.17) is 16.3 Å². The van der Waals surface area contributed by atoms with Crippen LogP contribution in [0, 0.1) is 5.41 Å². The Bertz CT molecular complexity index is 270. The van der Waals surface area contributed by atoms with E-state index in [1.807, 2.05) is 6.92 Å². The van der Waals surface area contributed by atoms with Crippen LogP contribution in [-0.2, 0) is 9.53 Å². The lowest BCUT2D eigenvalue weighted by molar-refractivity contribution is -0.130. The van der Waals surface area contributed by atoms with Crippen LogP contribution in [0.1, 0.15) is 27.2 Å². The highest BCUT2D eigenvalue weighted by atomic mass is 35.5. The number of carbonyl (C=O) groups is 1. The number of nitrogens with one attached hydrogen (secondary N) is 1. The molecule has 2 N–H and O–H groups in total. The molecule has 1 heterocycles. The minimum absolute atomic E-state index is 0.143. The van der Waals surface area contributed by atoms with E-state index in [0.29, 0.717) is 13.0 Å². The van der Waals surface area contributed by atoms with Crippen molar-refractivity contribution < 1.29 is 14.6 Å². The van der Waals surface area contributed by atoms with Crippen LogP contribution in [0.4, 0.5) is 0 Å². The van der Waals surface area contributed by atoms with Crippen molar-refractivity contribution >= 4 is 17.5 Å². The highest BCUT2D eigenvalue weighted by Crippen LogP contribution is 2.25. The first-order chi connectivity index (χ1) is 7.32.